The third-order valence-electron chi connectivity index (χ3n) is 2.00. The fraction of sp³-hybridized carbons (Fsp3) is 0.222. The number of aryl methyl sites for hydroxylation is 1. The van der Waals surface area contributed by atoms with Gasteiger partial charge in [-0.25, -0.2) is 0 Å². The van der Waals surface area contributed by atoms with E-state index in [1.807, 2.05) is 0 Å². The lowest BCUT2D eigenvalue weighted by atomic mass is 10.0. The first kappa shape index (κ1) is 11.6. The number of alkyl halides is 1. The number of nitro benzene ring substituents is 1. The van der Waals surface area contributed by atoms with E-state index in [-0.39, 0.29) is 28.1 Å². The van der Waals surface area contributed by atoms with E-state index in [0.29, 0.717) is 5.56 Å². The monoisotopic (exact) mass is 272 g/mol. The second-order valence-electron chi connectivity index (χ2n) is 3.01. The first-order valence-electron chi connectivity index (χ1n) is 4.11. The molecule has 0 bridgehead atoms. The molecule has 1 aromatic carbocycles. The molecule has 0 aliphatic rings. The average Bonchev–Trinajstić information content (AvgIpc) is 2.19. The van der Waals surface area contributed by atoms with Crippen molar-refractivity contribution in [2.75, 3.05) is 11.1 Å². The Morgan fingerprint density at radius 2 is 2.20 bits per heavy atom. The molecule has 0 saturated heterocycles. The Morgan fingerprint density at radius 1 is 1.60 bits per heavy atom. The molecule has 0 amide bonds. The fourth-order valence-electron chi connectivity index (χ4n) is 1.32. The molecule has 0 spiro atoms. The van der Waals surface area contributed by atoms with Crippen molar-refractivity contribution in [1.29, 1.82) is 0 Å². The molecule has 0 heterocycles. The summed E-state index contributed by atoms with van der Waals surface area (Å²) in [7, 11) is 0. The molecule has 2 N–H and O–H groups in total. The second kappa shape index (κ2) is 4.39. The van der Waals surface area contributed by atoms with Gasteiger partial charge in [0.1, 0.15) is 11.3 Å². The quantitative estimate of drug-likeness (QED) is 0.300. The minimum atomic E-state index is -0.627. The van der Waals surface area contributed by atoms with Gasteiger partial charge < -0.3 is 5.73 Å². The van der Waals surface area contributed by atoms with Gasteiger partial charge in [-0.3, -0.25) is 14.9 Å². The van der Waals surface area contributed by atoms with Crippen LogP contribution in [0.4, 0.5) is 11.4 Å². The number of benzene rings is 1. The molecule has 0 radical (unpaired) electrons. The van der Waals surface area contributed by atoms with Crippen LogP contribution in [0.1, 0.15) is 15.9 Å². The van der Waals surface area contributed by atoms with Crippen molar-refractivity contribution >= 4 is 33.1 Å². The first-order chi connectivity index (χ1) is 6.99. The number of halogens is 1. The summed E-state index contributed by atoms with van der Waals surface area (Å²) in [4.78, 5) is 21.7. The molecule has 0 aromatic heterocycles. The van der Waals surface area contributed by atoms with Crippen molar-refractivity contribution in [2.24, 2.45) is 0 Å². The minimum Gasteiger partial charge on any atom is -0.393 e. The van der Waals surface area contributed by atoms with Crippen LogP contribution in [0.2, 0.25) is 0 Å². The van der Waals surface area contributed by atoms with E-state index in [4.69, 9.17) is 5.73 Å². The summed E-state index contributed by atoms with van der Waals surface area (Å²) in [5.41, 5.74) is 5.81. The van der Waals surface area contributed by atoms with E-state index < -0.39 is 4.92 Å². The second-order valence-corrected chi connectivity index (χ2v) is 3.57. The zero-order valence-electron chi connectivity index (χ0n) is 7.99. The summed E-state index contributed by atoms with van der Waals surface area (Å²) >= 11 is 2.98. The Bertz CT molecular complexity index is 432. The van der Waals surface area contributed by atoms with Crippen LogP contribution in [0.3, 0.4) is 0 Å². The van der Waals surface area contributed by atoms with E-state index >= 15 is 0 Å². The normalized spacial score (nSPS) is 10.0. The number of anilines is 1. The molecule has 6 heteroatoms. The number of hydrogen-bond acceptors (Lipinski definition) is 4. The zero-order chi connectivity index (χ0) is 11.6. The maximum Gasteiger partial charge on any atom is 0.303 e. The molecular weight excluding hydrogens is 264 g/mol. The average molecular weight is 273 g/mol. The molecule has 0 atom stereocenters. The summed E-state index contributed by atoms with van der Waals surface area (Å²) < 4.78 is 0. The summed E-state index contributed by atoms with van der Waals surface area (Å²) in [6, 6.07) is 3.02. The largest absolute Gasteiger partial charge is 0.393 e. The van der Waals surface area contributed by atoms with Gasteiger partial charge in [-0.1, -0.05) is 22.0 Å². The molecule has 1 aromatic rings. The Kier molecular flexibility index (Phi) is 3.41. The number of nitrogens with zero attached hydrogens (tertiary/aromatic N) is 1. The van der Waals surface area contributed by atoms with Crippen LogP contribution in [-0.2, 0) is 0 Å². The number of nitrogen functional groups attached to an aromatic ring is 1. The van der Waals surface area contributed by atoms with E-state index in [1.54, 1.807) is 13.0 Å². The van der Waals surface area contributed by atoms with Crippen molar-refractivity contribution in [3.05, 3.63) is 33.4 Å². The molecule has 0 aliphatic carbocycles. The molecule has 0 aliphatic heterocycles. The van der Waals surface area contributed by atoms with Gasteiger partial charge >= 0.3 is 5.69 Å². The number of Topliss-reactive ketones (excluding diaryl/α,β-unsaturated/α-hetero) is 1. The third kappa shape index (κ3) is 2.15. The predicted octanol–water partition coefficient (Wildman–Crippen LogP) is 2.06. The van der Waals surface area contributed by atoms with Crippen molar-refractivity contribution in [3.63, 3.8) is 0 Å². The van der Waals surface area contributed by atoms with Crippen LogP contribution in [-0.4, -0.2) is 16.0 Å². The molecule has 15 heavy (non-hydrogen) atoms. The van der Waals surface area contributed by atoms with Crippen molar-refractivity contribution in [2.45, 2.75) is 6.92 Å². The molecule has 5 nitrogen and oxygen atoms in total. The van der Waals surface area contributed by atoms with Gasteiger partial charge in [0.15, 0.2) is 5.78 Å². The van der Waals surface area contributed by atoms with E-state index in [0.717, 1.165) is 0 Å². The van der Waals surface area contributed by atoms with E-state index in [2.05, 4.69) is 15.9 Å². The highest BCUT2D eigenvalue weighted by molar-refractivity contribution is 9.09. The number of nitrogens with two attached hydrogens (primary N) is 1. The van der Waals surface area contributed by atoms with Gasteiger partial charge in [-0.15, -0.1) is 0 Å². The highest BCUT2D eigenvalue weighted by atomic mass is 79.9. The summed E-state index contributed by atoms with van der Waals surface area (Å²) in [5.74, 6) is -0.341. The Morgan fingerprint density at radius 3 is 2.67 bits per heavy atom. The molecular formula is C9H9BrN2O3. The number of carbonyl (C=O) groups excluding carboxylic acids is 1. The first-order valence-corrected chi connectivity index (χ1v) is 5.23. The summed E-state index contributed by atoms with van der Waals surface area (Å²) in [5, 5.41) is 10.8. The number of hydrogen-bond donors (Lipinski definition) is 1. The standard InChI is InChI=1S/C9H9BrN2O3/c1-5-2-3-6(11)9(12(14)15)8(5)7(13)4-10/h2-3H,4,11H2,1H3. The topological polar surface area (TPSA) is 86.2 Å². The van der Waals surface area contributed by atoms with Crippen molar-refractivity contribution in [3.8, 4) is 0 Å². The predicted molar refractivity (Wildman–Crippen MR) is 60.4 cm³/mol. The zero-order valence-corrected chi connectivity index (χ0v) is 9.58. The van der Waals surface area contributed by atoms with Crippen LogP contribution in [0.5, 0.6) is 0 Å². The maximum atomic E-state index is 11.5. The summed E-state index contributed by atoms with van der Waals surface area (Å²) in [6.07, 6.45) is 0. The molecule has 0 saturated carbocycles. The summed E-state index contributed by atoms with van der Waals surface area (Å²) in [6.45, 7) is 1.64. The van der Waals surface area contributed by atoms with Crippen LogP contribution in [0, 0.1) is 17.0 Å². The number of nitro groups is 1. The van der Waals surface area contributed by atoms with Gasteiger partial charge in [0.2, 0.25) is 0 Å². The molecule has 80 valence electrons. The Hall–Kier alpha value is -1.43. The van der Waals surface area contributed by atoms with Gasteiger partial charge in [0.25, 0.3) is 0 Å². The van der Waals surface area contributed by atoms with Crippen LogP contribution in [0.25, 0.3) is 0 Å². The SMILES string of the molecule is Cc1ccc(N)c([N+](=O)[O-])c1C(=O)CBr. The maximum absolute atomic E-state index is 11.5. The van der Waals surface area contributed by atoms with Crippen LogP contribution in [0.15, 0.2) is 12.1 Å². The van der Waals surface area contributed by atoms with Crippen LogP contribution < -0.4 is 5.73 Å². The van der Waals surface area contributed by atoms with Crippen molar-refractivity contribution in [1.82, 2.24) is 0 Å². The fourth-order valence-corrected chi connectivity index (χ4v) is 1.60. The highest BCUT2D eigenvalue weighted by Crippen LogP contribution is 2.29. The lowest BCUT2D eigenvalue weighted by Crippen LogP contribution is -2.09. The smallest absolute Gasteiger partial charge is 0.303 e. The number of rotatable bonds is 3. The minimum absolute atomic E-state index is 0.00917. The lowest BCUT2D eigenvalue weighted by Gasteiger charge is -2.06. The Balaban J connectivity index is 3.52. The van der Waals surface area contributed by atoms with Gasteiger partial charge in [0, 0.05) is 0 Å². The van der Waals surface area contributed by atoms with E-state index in [1.165, 1.54) is 6.07 Å². The molecule has 0 unspecified atom stereocenters. The molecule has 1 rings (SSSR count). The third-order valence-corrected chi connectivity index (χ3v) is 2.51. The van der Waals surface area contributed by atoms with Gasteiger partial charge in [0.05, 0.1) is 10.3 Å². The van der Waals surface area contributed by atoms with Gasteiger partial charge in [-0.05, 0) is 18.6 Å². The highest BCUT2D eigenvalue weighted by Gasteiger charge is 2.24. The molecule has 0 fully saturated rings. The van der Waals surface area contributed by atoms with E-state index in [9.17, 15) is 14.9 Å². The lowest BCUT2D eigenvalue weighted by molar-refractivity contribution is -0.384. The number of carbonyl (C=O) groups is 1. The Labute approximate surface area is 94.5 Å². The van der Waals surface area contributed by atoms with Gasteiger partial charge in [-0.2, -0.15) is 0 Å². The van der Waals surface area contributed by atoms with Crippen LogP contribution >= 0.6 is 15.9 Å². The van der Waals surface area contributed by atoms with Crippen molar-refractivity contribution < 1.29 is 9.72 Å². The number of ketones is 1.